The number of amides is 1. The van der Waals surface area contributed by atoms with E-state index in [1.165, 1.54) is 6.92 Å². The lowest BCUT2D eigenvalue weighted by atomic mass is 10.1. The van der Waals surface area contributed by atoms with Crippen molar-refractivity contribution < 1.29 is 4.79 Å². The van der Waals surface area contributed by atoms with Gasteiger partial charge in [0.05, 0.1) is 11.3 Å². The molecule has 0 unspecified atom stereocenters. The lowest BCUT2D eigenvalue weighted by molar-refractivity contribution is -0.114. The van der Waals surface area contributed by atoms with Crippen LogP contribution in [-0.4, -0.2) is 5.91 Å². The Morgan fingerprint density at radius 1 is 1.57 bits per heavy atom. The molecule has 0 atom stereocenters. The monoisotopic (exact) mass is 188 g/mol. The standard InChI is InChI=1S/C11H12N2O/c1-3-9-4-5-11(13-8(2)14)10(6-9)7-12/h4-6H,3H2,1-2H3,(H,13,14). The molecule has 1 rings (SSSR count). The molecule has 0 saturated carbocycles. The molecule has 1 N–H and O–H groups in total. The number of nitriles is 1. The van der Waals surface area contributed by atoms with Gasteiger partial charge in [-0.3, -0.25) is 4.79 Å². The van der Waals surface area contributed by atoms with E-state index in [1.54, 1.807) is 12.1 Å². The zero-order valence-corrected chi connectivity index (χ0v) is 8.29. The predicted molar refractivity (Wildman–Crippen MR) is 54.8 cm³/mol. The van der Waals surface area contributed by atoms with E-state index >= 15 is 0 Å². The van der Waals surface area contributed by atoms with Gasteiger partial charge in [-0.15, -0.1) is 0 Å². The molecule has 0 aromatic heterocycles. The Hall–Kier alpha value is -1.82. The maximum Gasteiger partial charge on any atom is 0.221 e. The molecule has 0 saturated heterocycles. The highest BCUT2D eigenvalue weighted by atomic mass is 16.1. The third-order valence-electron chi connectivity index (χ3n) is 1.92. The first-order valence-corrected chi connectivity index (χ1v) is 4.48. The topological polar surface area (TPSA) is 52.9 Å². The fraction of sp³-hybridized carbons (Fsp3) is 0.273. The second-order valence-electron chi connectivity index (χ2n) is 3.03. The van der Waals surface area contributed by atoms with Crippen LogP contribution in [0.1, 0.15) is 25.0 Å². The van der Waals surface area contributed by atoms with Crippen LogP contribution in [0, 0.1) is 11.3 Å². The zero-order chi connectivity index (χ0) is 10.6. The van der Waals surface area contributed by atoms with Crippen molar-refractivity contribution in [1.82, 2.24) is 0 Å². The fourth-order valence-electron chi connectivity index (χ4n) is 1.20. The van der Waals surface area contributed by atoms with Crippen molar-refractivity contribution in [3.63, 3.8) is 0 Å². The minimum atomic E-state index is -0.161. The van der Waals surface area contributed by atoms with Crippen LogP contribution in [0.2, 0.25) is 0 Å². The summed E-state index contributed by atoms with van der Waals surface area (Å²) in [5.41, 5.74) is 2.19. The maximum absolute atomic E-state index is 10.8. The molecular formula is C11H12N2O. The van der Waals surface area contributed by atoms with Crippen molar-refractivity contribution >= 4 is 11.6 Å². The van der Waals surface area contributed by atoms with Crippen molar-refractivity contribution in [2.75, 3.05) is 5.32 Å². The summed E-state index contributed by atoms with van der Waals surface area (Å²) in [5, 5.41) is 11.5. The van der Waals surface area contributed by atoms with E-state index in [0.29, 0.717) is 11.3 Å². The van der Waals surface area contributed by atoms with Gasteiger partial charge in [-0.2, -0.15) is 5.26 Å². The molecule has 3 nitrogen and oxygen atoms in total. The number of carbonyl (C=O) groups is 1. The van der Waals surface area contributed by atoms with Crippen molar-refractivity contribution in [1.29, 1.82) is 5.26 Å². The highest BCUT2D eigenvalue weighted by Crippen LogP contribution is 2.16. The lowest BCUT2D eigenvalue weighted by Gasteiger charge is -2.05. The molecule has 1 aromatic carbocycles. The number of hydrogen-bond acceptors (Lipinski definition) is 2. The molecule has 14 heavy (non-hydrogen) atoms. The Bertz CT molecular complexity index is 391. The maximum atomic E-state index is 10.8. The summed E-state index contributed by atoms with van der Waals surface area (Å²) < 4.78 is 0. The smallest absolute Gasteiger partial charge is 0.221 e. The first-order chi connectivity index (χ1) is 6.67. The van der Waals surface area contributed by atoms with Gasteiger partial charge in [-0.1, -0.05) is 13.0 Å². The Labute approximate surface area is 83.4 Å². The number of nitrogens with one attached hydrogen (secondary N) is 1. The van der Waals surface area contributed by atoms with Crippen LogP contribution in [0.3, 0.4) is 0 Å². The predicted octanol–water partition coefficient (Wildman–Crippen LogP) is 2.08. The fourth-order valence-corrected chi connectivity index (χ4v) is 1.20. The van der Waals surface area contributed by atoms with Crippen LogP contribution >= 0.6 is 0 Å². The van der Waals surface area contributed by atoms with E-state index in [4.69, 9.17) is 5.26 Å². The van der Waals surface area contributed by atoms with Crippen LogP contribution in [0.5, 0.6) is 0 Å². The van der Waals surface area contributed by atoms with Gasteiger partial charge in [0.15, 0.2) is 0 Å². The van der Waals surface area contributed by atoms with Gasteiger partial charge in [0.2, 0.25) is 5.91 Å². The van der Waals surface area contributed by atoms with E-state index in [2.05, 4.69) is 11.4 Å². The summed E-state index contributed by atoms with van der Waals surface area (Å²) in [6, 6.07) is 7.53. The van der Waals surface area contributed by atoms with E-state index in [9.17, 15) is 4.79 Å². The van der Waals surface area contributed by atoms with E-state index < -0.39 is 0 Å². The second kappa shape index (κ2) is 4.43. The first-order valence-electron chi connectivity index (χ1n) is 4.48. The SMILES string of the molecule is CCc1ccc(NC(C)=O)c(C#N)c1. The van der Waals surface area contributed by atoms with Gasteiger partial charge in [0.1, 0.15) is 6.07 Å². The highest BCUT2D eigenvalue weighted by molar-refractivity contribution is 5.90. The van der Waals surface area contributed by atoms with Gasteiger partial charge in [0, 0.05) is 6.92 Å². The largest absolute Gasteiger partial charge is 0.325 e. The van der Waals surface area contributed by atoms with Gasteiger partial charge in [0.25, 0.3) is 0 Å². The summed E-state index contributed by atoms with van der Waals surface area (Å²) in [5.74, 6) is -0.161. The average Bonchev–Trinajstić information content (AvgIpc) is 2.17. The minimum Gasteiger partial charge on any atom is -0.325 e. The van der Waals surface area contributed by atoms with Gasteiger partial charge in [-0.05, 0) is 24.1 Å². The van der Waals surface area contributed by atoms with Gasteiger partial charge >= 0.3 is 0 Å². The molecule has 0 heterocycles. The minimum absolute atomic E-state index is 0.161. The number of hydrogen-bond donors (Lipinski definition) is 1. The molecule has 0 spiro atoms. The van der Waals surface area contributed by atoms with Crippen LogP contribution in [0.4, 0.5) is 5.69 Å². The molecule has 0 aliphatic heterocycles. The molecular weight excluding hydrogens is 176 g/mol. The van der Waals surface area contributed by atoms with Crippen molar-refractivity contribution in [2.24, 2.45) is 0 Å². The number of anilines is 1. The molecule has 72 valence electrons. The Balaban J connectivity index is 3.07. The van der Waals surface area contributed by atoms with Gasteiger partial charge < -0.3 is 5.32 Å². The molecule has 0 fully saturated rings. The highest BCUT2D eigenvalue weighted by Gasteiger charge is 2.03. The summed E-state index contributed by atoms with van der Waals surface area (Å²) >= 11 is 0. The number of rotatable bonds is 2. The van der Waals surface area contributed by atoms with Crippen LogP contribution in [-0.2, 0) is 11.2 Å². The molecule has 0 bridgehead atoms. The normalized spacial score (nSPS) is 9.21. The van der Waals surface area contributed by atoms with E-state index in [0.717, 1.165) is 12.0 Å². The quantitative estimate of drug-likeness (QED) is 0.772. The summed E-state index contributed by atoms with van der Waals surface area (Å²) in [4.78, 5) is 10.8. The number of benzene rings is 1. The Morgan fingerprint density at radius 2 is 2.29 bits per heavy atom. The second-order valence-corrected chi connectivity index (χ2v) is 3.03. The van der Waals surface area contributed by atoms with E-state index in [1.807, 2.05) is 13.0 Å². The number of carbonyl (C=O) groups excluding carboxylic acids is 1. The van der Waals surface area contributed by atoms with Crippen molar-refractivity contribution in [2.45, 2.75) is 20.3 Å². The van der Waals surface area contributed by atoms with E-state index in [-0.39, 0.29) is 5.91 Å². The molecule has 1 aromatic rings. The summed E-state index contributed by atoms with van der Waals surface area (Å²) in [7, 11) is 0. The van der Waals surface area contributed by atoms with Crippen molar-refractivity contribution in [3.8, 4) is 6.07 Å². The molecule has 3 heteroatoms. The van der Waals surface area contributed by atoms with Crippen LogP contribution in [0.15, 0.2) is 18.2 Å². The average molecular weight is 188 g/mol. The lowest BCUT2D eigenvalue weighted by Crippen LogP contribution is -2.07. The summed E-state index contributed by atoms with van der Waals surface area (Å²) in [6.45, 7) is 3.45. The first kappa shape index (κ1) is 10.3. The Morgan fingerprint density at radius 3 is 2.79 bits per heavy atom. The Kier molecular flexibility index (Phi) is 3.24. The third-order valence-corrected chi connectivity index (χ3v) is 1.92. The molecule has 0 aliphatic rings. The summed E-state index contributed by atoms with van der Waals surface area (Å²) in [6.07, 6.45) is 0.884. The molecule has 1 amide bonds. The number of nitrogens with zero attached hydrogens (tertiary/aromatic N) is 1. The van der Waals surface area contributed by atoms with Crippen molar-refractivity contribution in [3.05, 3.63) is 29.3 Å². The number of aryl methyl sites for hydroxylation is 1. The zero-order valence-electron chi connectivity index (χ0n) is 8.29. The van der Waals surface area contributed by atoms with Crippen LogP contribution < -0.4 is 5.32 Å². The van der Waals surface area contributed by atoms with Gasteiger partial charge in [-0.25, -0.2) is 0 Å². The third kappa shape index (κ3) is 2.33. The molecule has 0 radical (unpaired) electrons. The van der Waals surface area contributed by atoms with Crippen LogP contribution in [0.25, 0.3) is 0 Å². The molecule has 0 aliphatic carbocycles.